The smallest absolute Gasteiger partial charge is 0.324 e. The number of hydrogen-bond donors (Lipinski definition) is 0. The Morgan fingerprint density at radius 1 is 1.55 bits per heavy atom. The van der Waals surface area contributed by atoms with E-state index in [2.05, 4.69) is 4.74 Å². The standard InChI is InChI=1S/C7H14O3S/c1-7(11-4,5-9-2)6(8)10-3/h5H2,1-4H3. The maximum Gasteiger partial charge on any atom is 0.324 e. The minimum Gasteiger partial charge on any atom is -0.468 e. The van der Waals surface area contributed by atoms with Crippen LogP contribution in [0, 0.1) is 0 Å². The van der Waals surface area contributed by atoms with Gasteiger partial charge in [-0.3, -0.25) is 4.79 Å². The quantitative estimate of drug-likeness (QED) is 0.600. The number of esters is 1. The molecule has 0 fully saturated rings. The molecule has 1 unspecified atom stereocenters. The van der Waals surface area contributed by atoms with E-state index in [1.165, 1.54) is 18.9 Å². The van der Waals surface area contributed by atoms with Gasteiger partial charge in [0.25, 0.3) is 0 Å². The summed E-state index contributed by atoms with van der Waals surface area (Å²) in [6, 6.07) is 0. The number of thioether (sulfide) groups is 1. The average Bonchev–Trinajstić information content (AvgIpc) is 2.03. The zero-order valence-electron chi connectivity index (χ0n) is 7.34. The number of methoxy groups -OCH3 is 2. The molecule has 0 saturated carbocycles. The van der Waals surface area contributed by atoms with Crippen molar-refractivity contribution in [2.24, 2.45) is 0 Å². The Hall–Kier alpha value is -0.220. The van der Waals surface area contributed by atoms with Crippen LogP contribution < -0.4 is 0 Å². The van der Waals surface area contributed by atoms with Gasteiger partial charge in [0.15, 0.2) is 0 Å². The summed E-state index contributed by atoms with van der Waals surface area (Å²) in [4.78, 5) is 11.1. The van der Waals surface area contributed by atoms with E-state index in [0.29, 0.717) is 6.61 Å². The van der Waals surface area contributed by atoms with Crippen molar-refractivity contribution in [2.75, 3.05) is 27.1 Å². The maximum atomic E-state index is 11.1. The first-order valence-corrected chi connectivity index (χ1v) is 4.45. The van der Waals surface area contributed by atoms with Crippen LogP contribution in [0.15, 0.2) is 0 Å². The zero-order valence-corrected chi connectivity index (χ0v) is 8.16. The topological polar surface area (TPSA) is 35.5 Å². The van der Waals surface area contributed by atoms with E-state index in [1.807, 2.05) is 6.26 Å². The third-order valence-electron chi connectivity index (χ3n) is 1.49. The highest BCUT2D eigenvalue weighted by Gasteiger charge is 2.33. The van der Waals surface area contributed by atoms with Crippen LogP contribution in [0.25, 0.3) is 0 Å². The van der Waals surface area contributed by atoms with Crippen LogP contribution in [0.3, 0.4) is 0 Å². The van der Waals surface area contributed by atoms with Gasteiger partial charge in [0, 0.05) is 7.11 Å². The van der Waals surface area contributed by atoms with Crippen molar-refractivity contribution >= 4 is 17.7 Å². The minimum atomic E-state index is -0.566. The van der Waals surface area contributed by atoms with Gasteiger partial charge in [-0.1, -0.05) is 0 Å². The summed E-state index contributed by atoms with van der Waals surface area (Å²) < 4.78 is 8.95. The Labute approximate surface area is 71.4 Å². The molecule has 0 bridgehead atoms. The van der Waals surface area contributed by atoms with Crippen molar-refractivity contribution in [3.05, 3.63) is 0 Å². The second kappa shape index (κ2) is 4.62. The molecular formula is C7H14O3S. The molecule has 11 heavy (non-hydrogen) atoms. The van der Waals surface area contributed by atoms with Crippen LogP contribution in [0.4, 0.5) is 0 Å². The summed E-state index contributed by atoms with van der Waals surface area (Å²) in [7, 11) is 2.95. The first-order chi connectivity index (χ1) is 5.10. The summed E-state index contributed by atoms with van der Waals surface area (Å²) in [6.07, 6.45) is 1.86. The molecule has 1 atom stereocenters. The minimum absolute atomic E-state index is 0.244. The molecule has 0 aliphatic rings. The monoisotopic (exact) mass is 178 g/mol. The van der Waals surface area contributed by atoms with E-state index in [4.69, 9.17) is 4.74 Å². The predicted octanol–water partition coefficient (Wildman–Crippen LogP) is 0.927. The van der Waals surface area contributed by atoms with Crippen LogP contribution in [0.2, 0.25) is 0 Å². The highest BCUT2D eigenvalue weighted by atomic mass is 32.2. The van der Waals surface area contributed by atoms with Gasteiger partial charge in [0.2, 0.25) is 0 Å². The lowest BCUT2D eigenvalue weighted by Crippen LogP contribution is -2.37. The van der Waals surface area contributed by atoms with Crippen LogP contribution in [-0.2, 0) is 14.3 Å². The van der Waals surface area contributed by atoms with Crippen molar-refractivity contribution < 1.29 is 14.3 Å². The average molecular weight is 178 g/mol. The van der Waals surface area contributed by atoms with Crippen LogP contribution >= 0.6 is 11.8 Å². The third kappa shape index (κ3) is 2.71. The fourth-order valence-corrected chi connectivity index (χ4v) is 1.18. The molecule has 0 N–H and O–H groups in total. The van der Waals surface area contributed by atoms with Crippen molar-refractivity contribution in [1.82, 2.24) is 0 Å². The van der Waals surface area contributed by atoms with E-state index in [9.17, 15) is 4.79 Å². The molecule has 3 nitrogen and oxygen atoms in total. The molecule has 0 aromatic carbocycles. The lowest BCUT2D eigenvalue weighted by Gasteiger charge is -2.22. The van der Waals surface area contributed by atoms with Gasteiger partial charge >= 0.3 is 5.97 Å². The van der Waals surface area contributed by atoms with Crippen LogP contribution in [-0.4, -0.2) is 37.8 Å². The Balaban J connectivity index is 4.19. The Morgan fingerprint density at radius 2 is 2.09 bits per heavy atom. The summed E-state index contributed by atoms with van der Waals surface area (Å²) >= 11 is 1.43. The number of carbonyl (C=O) groups excluding carboxylic acids is 1. The predicted molar refractivity (Wildman–Crippen MR) is 45.8 cm³/mol. The number of carbonyl (C=O) groups is 1. The first-order valence-electron chi connectivity index (χ1n) is 3.23. The van der Waals surface area contributed by atoms with Gasteiger partial charge < -0.3 is 9.47 Å². The molecule has 0 spiro atoms. The molecule has 0 radical (unpaired) electrons. The zero-order chi connectivity index (χ0) is 8.91. The Morgan fingerprint density at radius 3 is 2.36 bits per heavy atom. The number of rotatable bonds is 4. The Bertz CT molecular complexity index is 138. The molecule has 0 aromatic rings. The molecule has 0 aromatic heterocycles. The summed E-state index contributed by atoms with van der Waals surface area (Å²) in [5.74, 6) is -0.244. The molecule has 0 aliphatic carbocycles. The number of hydrogen-bond acceptors (Lipinski definition) is 4. The lowest BCUT2D eigenvalue weighted by atomic mass is 10.2. The summed E-state index contributed by atoms with van der Waals surface area (Å²) in [5, 5.41) is 0. The van der Waals surface area contributed by atoms with Crippen molar-refractivity contribution in [1.29, 1.82) is 0 Å². The number of ether oxygens (including phenoxy) is 2. The fourth-order valence-electron chi connectivity index (χ4n) is 0.693. The van der Waals surface area contributed by atoms with Crippen LogP contribution in [0.1, 0.15) is 6.92 Å². The van der Waals surface area contributed by atoms with Gasteiger partial charge in [0.05, 0.1) is 13.7 Å². The normalized spacial score (nSPS) is 15.6. The summed E-state index contributed by atoms with van der Waals surface area (Å²) in [5.41, 5.74) is 0. The van der Waals surface area contributed by atoms with E-state index < -0.39 is 4.75 Å². The first kappa shape index (κ1) is 10.8. The molecule has 0 rings (SSSR count). The highest BCUT2D eigenvalue weighted by Crippen LogP contribution is 2.23. The van der Waals surface area contributed by atoms with Crippen molar-refractivity contribution in [3.63, 3.8) is 0 Å². The van der Waals surface area contributed by atoms with Gasteiger partial charge in [-0.25, -0.2) is 0 Å². The molecule has 0 saturated heterocycles. The van der Waals surface area contributed by atoms with E-state index in [0.717, 1.165) is 0 Å². The maximum absolute atomic E-state index is 11.1. The Kier molecular flexibility index (Phi) is 4.52. The lowest BCUT2D eigenvalue weighted by molar-refractivity contribution is -0.144. The molecule has 0 amide bonds. The third-order valence-corrected chi connectivity index (χ3v) is 2.67. The van der Waals surface area contributed by atoms with E-state index in [-0.39, 0.29) is 5.97 Å². The van der Waals surface area contributed by atoms with Gasteiger partial charge in [0.1, 0.15) is 4.75 Å². The summed E-state index contributed by atoms with van der Waals surface area (Å²) in [6.45, 7) is 2.17. The second-order valence-corrected chi connectivity index (χ2v) is 3.67. The van der Waals surface area contributed by atoms with Gasteiger partial charge in [-0.2, -0.15) is 0 Å². The molecule has 66 valence electrons. The fraction of sp³-hybridized carbons (Fsp3) is 0.857. The van der Waals surface area contributed by atoms with Crippen molar-refractivity contribution in [3.8, 4) is 0 Å². The second-order valence-electron chi connectivity index (χ2n) is 2.36. The molecule has 4 heteroatoms. The van der Waals surface area contributed by atoms with Gasteiger partial charge in [-0.15, -0.1) is 11.8 Å². The molecule has 0 heterocycles. The molecule has 0 aliphatic heterocycles. The van der Waals surface area contributed by atoms with Crippen molar-refractivity contribution in [2.45, 2.75) is 11.7 Å². The molecular weight excluding hydrogens is 164 g/mol. The SMILES string of the molecule is COCC(C)(SC)C(=O)OC. The van der Waals surface area contributed by atoms with E-state index >= 15 is 0 Å². The van der Waals surface area contributed by atoms with Crippen LogP contribution in [0.5, 0.6) is 0 Å². The highest BCUT2D eigenvalue weighted by molar-refractivity contribution is 8.00. The van der Waals surface area contributed by atoms with E-state index in [1.54, 1.807) is 14.0 Å². The van der Waals surface area contributed by atoms with Gasteiger partial charge in [-0.05, 0) is 13.2 Å². The largest absolute Gasteiger partial charge is 0.468 e.